The lowest BCUT2D eigenvalue weighted by molar-refractivity contribution is -0.304. The molecule has 1 aliphatic heterocycles. The summed E-state index contributed by atoms with van der Waals surface area (Å²) in [6, 6.07) is 10.0. The summed E-state index contributed by atoms with van der Waals surface area (Å²) in [6.45, 7) is 10.2. The molecule has 0 bridgehead atoms. The number of rotatable bonds is 18. The molecule has 1 aromatic carbocycles. The number of benzene rings is 1. The Hall–Kier alpha value is -2.45. The number of hydrogen-bond acceptors (Lipinski definition) is 6. The fourth-order valence-electron chi connectivity index (χ4n) is 6.38. The molecular formula is C37H60N2O6. The van der Waals surface area contributed by atoms with Crippen molar-refractivity contribution < 1.29 is 28.6 Å². The van der Waals surface area contributed by atoms with Gasteiger partial charge in [-0.3, -0.25) is 14.4 Å². The van der Waals surface area contributed by atoms with Crippen LogP contribution >= 0.6 is 0 Å². The Labute approximate surface area is 272 Å². The number of carbonyl (C=O) groups excluding carboxylic acids is 3. The van der Waals surface area contributed by atoms with Gasteiger partial charge in [-0.2, -0.15) is 0 Å². The third-order valence-electron chi connectivity index (χ3n) is 9.18. The molecule has 254 valence electrons. The zero-order chi connectivity index (χ0) is 32.7. The van der Waals surface area contributed by atoms with Gasteiger partial charge in [0.1, 0.15) is 12.2 Å². The monoisotopic (exact) mass is 628 g/mol. The first-order valence-electron chi connectivity index (χ1n) is 17.6. The topological polar surface area (TPSA) is 103 Å². The zero-order valence-corrected chi connectivity index (χ0v) is 28.7. The molecule has 1 saturated carbocycles. The summed E-state index contributed by atoms with van der Waals surface area (Å²) in [6.07, 6.45) is 14.0. The van der Waals surface area contributed by atoms with Crippen LogP contribution in [0.2, 0.25) is 0 Å². The van der Waals surface area contributed by atoms with Crippen molar-refractivity contribution in [2.75, 3.05) is 13.2 Å². The summed E-state index contributed by atoms with van der Waals surface area (Å²) < 4.78 is 17.5. The van der Waals surface area contributed by atoms with Crippen LogP contribution in [-0.2, 0) is 35.0 Å². The maximum atomic E-state index is 13.7. The van der Waals surface area contributed by atoms with E-state index >= 15 is 0 Å². The van der Waals surface area contributed by atoms with Crippen LogP contribution in [0.25, 0.3) is 0 Å². The molecule has 45 heavy (non-hydrogen) atoms. The fraction of sp³-hybridized carbons (Fsp3) is 0.757. The lowest BCUT2D eigenvalue weighted by Crippen LogP contribution is -2.56. The summed E-state index contributed by atoms with van der Waals surface area (Å²) in [5, 5.41) is 6.14. The zero-order valence-electron chi connectivity index (χ0n) is 28.7. The molecule has 1 heterocycles. The summed E-state index contributed by atoms with van der Waals surface area (Å²) in [5.41, 5.74) is 0.685. The number of hydrogen-bond donors (Lipinski definition) is 2. The lowest BCUT2D eigenvalue weighted by Gasteiger charge is -2.44. The molecule has 8 nitrogen and oxygen atoms in total. The number of unbranched alkanes of at least 4 members (excludes halogenated alkanes) is 7. The number of amides is 2. The Kier molecular flexibility index (Phi) is 15.3. The Bertz CT molecular complexity index is 1040. The molecule has 1 aromatic rings. The molecule has 4 atom stereocenters. The summed E-state index contributed by atoms with van der Waals surface area (Å²) >= 11 is 0. The average molecular weight is 629 g/mol. The molecule has 3 rings (SSSR count). The van der Waals surface area contributed by atoms with E-state index in [0.717, 1.165) is 44.9 Å². The highest BCUT2D eigenvalue weighted by Gasteiger charge is 2.45. The van der Waals surface area contributed by atoms with Gasteiger partial charge in [-0.15, -0.1) is 0 Å². The standard InChI is InChI=1S/C37H60N2O6/c1-6-7-8-9-10-11-12-16-21-29(26-28-19-14-13-15-20-28)34(41)39-30-22-17-18-23-31(30)44-32(40)24-25-38-35(42)33-36(2,3)27-43-37(4,5)45-33/h13-15,19-20,29-31,33H,6-12,16-18,21-27H2,1-5H3,(H,38,42)(H,39,41)/t29?,30-,31-,33?/m0/s1. The van der Waals surface area contributed by atoms with Crippen molar-refractivity contribution in [3.63, 3.8) is 0 Å². The molecule has 0 aromatic heterocycles. The SMILES string of the molecule is CCCCCCCCCCC(Cc1ccccc1)C(=O)N[C@H]1CCCC[C@@H]1OC(=O)CCNC(=O)C1OC(C)(C)OCC1(C)C. The number of ether oxygens (including phenoxy) is 3. The smallest absolute Gasteiger partial charge is 0.307 e. The third-order valence-corrected chi connectivity index (χ3v) is 9.18. The van der Waals surface area contributed by atoms with Gasteiger partial charge in [0, 0.05) is 17.9 Å². The van der Waals surface area contributed by atoms with Crippen LogP contribution < -0.4 is 10.6 Å². The molecular weight excluding hydrogens is 568 g/mol. The summed E-state index contributed by atoms with van der Waals surface area (Å²) in [7, 11) is 0. The highest BCUT2D eigenvalue weighted by atomic mass is 16.7. The van der Waals surface area contributed by atoms with Crippen LogP contribution in [-0.4, -0.2) is 55.0 Å². The average Bonchev–Trinajstić information content (AvgIpc) is 3.00. The largest absolute Gasteiger partial charge is 0.460 e. The van der Waals surface area contributed by atoms with Crippen LogP contribution in [0.1, 0.15) is 130 Å². The van der Waals surface area contributed by atoms with Gasteiger partial charge in [0.15, 0.2) is 5.79 Å². The number of esters is 1. The van der Waals surface area contributed by atoms with Crippen LogP contribution in [0.4, 0.5) is 0 Å². The molecule has 2 aliphatic rings. The van der Waals surface area contributed by atoms with Crippen molar-refractivity contribution in [3.8, 4) is 0 Å². The van der Waals surface area contributed by atoms with Crippen molar-refractivity contribution in [3.05, 3.63) is 35.9 Å². The predicted octanol–water partition coefficient (Wildman–Crippen LogP) is 7.03. The van der Waals surface area contributed by atoms with E-state index in [1.165, 1.54) is 44.1 Å². The van der Waals surface area contributed by atoms with Crippen LogP contribution in [0, 0.1) is 11.3 Å². The van der Waals surface area contributed by atoms with Crippen LogP contribution in [0.15, 0.2) is 30.3 Å². The van der Waals surface area contributed by atoms with Gasteiger partial charge in [0.05, 0.1) is 19.1 Å². The van der Waals surface area contributed by atoms with E-state index in [-0.39, 0.29) is 48.8 Å². The molecule has 0 radical (unpaired) electrons. The molecule has 1 aliphatic carbocycles. The highest BCUT2D eigenvalue weighted by molar-refractivity contribution is 5.82. The highest BCUT2D eigenvalue weighted by Crippen LogP contribution is 2.35. The van der Waals surface area contributed by atoms with E-state index in [2.05, 4.69) is 29.7 Å². The van der Waals surface area contributed by atoms with Gasteiger partial charge in [-0.05, 0) is 51.5 Å². The van der Waals surface area contributed by atoms with Gasteiger partial charge in [0.2, 0.25) is 11.8 Å². The molecule has 8 heteroatoms. The van der Waals surface area contributed by atoms with Crippen molar-refractivity contribution in [1.29, 1.82) is 0 Å². The van der Waals surface area contributed by atoms with E-state index in [1.807, 2.05) is 32.0 Å². The van der Waals surface area contributed by atoms with Gasteiger partial charge in [-0.25, -0.2) is 0 Å². The Morgan fingerprint density at radius 2 is 1.60 bits per heavy atom. The maximum Gasteiger partial charge on any atom is 0.307 e. The first-order valence-corrected chi connectivity index (χ1v) is 17.6. The second kappa shape index (κ2) is 18.6. The first kappa shape index (κ1) is 37.0. The second-order valence-electron chi connectivity index (χ2n) is 14.3. The third kappa shape index (κ3) is 13.1. The van der Waals surface area contributed by atoms with Crippen molar-refractivity contribution >= 4 is 17.8 Å². The van der Waals surface area contributed by atoms with Gasteiger partial charge < -0.3 is 24.8 Å². The van der Waals surface area contributed by atoms with Crippen molar-refractivity contribution in [2.45, 2.75) is 155 Å². The second-order valence-corrected chi connectivity index (χ2v) is 14.3. The molecule has 2 fully saturated rings. The molecule has 2 unspecified atom stereocenters. The molecule has 2 amide bonds. The minimum Gasteiger partial charge on any atom is -0.460 e. The van der Waals surface area contributed by atoms with Gasteiger partial charge >= 0.3 is 5.97 Å². The fourth-order valence-corrected chi connectivity index (χ4v) is 6.38. The first-order chi connectivity index (χ1) is 21.5. The molecule has 1 saturated heterocycles. The molecule has 2 N–H and O–H groups in total. The van der Waals surface area contributed by atoms with Crippen molar-refractivity contribution in [1.82, 2.24) is 10.6 Å². The predicted molar refractivity (Wildman–Crippen MR) is 177 cm³/mol. The van der Waals surface area contributed by atoms with Crippen LogP contribution in [0.3, 0.4) is 0 Å². The van der Waals surface area contributed by atoms with Gasteiger partial charge in [0.25, 0.3) is 0 Å². The Morgan fingerprint density at radius 3 is 2.31 bits per heavy atom. The van der Waals surface area contributed by atoms with Gasteiger partial charge in [-0.1, -0.05) is 109 Å². The Balaban J connectivity index is 1.48. The summed E-state index contributed by atoms with van der Waals surface area (Å²) in [4.78, 5) is 39.4. The number of nitrogens with one attached hydrogen (secondary N) is 2. The van der Waals surface area contributed by atoms with E-state index in [9.17, 15) is 14.4 Å². The lowest BCUT2D eigenvalue weighted by atomic mass is 9.85. The minimum absolute atomic E-state index is 0.0593. The minimum atomic E-state index is -0.842. The quantitative estimate of drug-likeness (QED) is 0.134. The van der Waals surface area contributed by atoms with E-state index in [1.54, 1.807) is 13.8 Å². The van der Waals surface area contributed by atoms with E-state index in [0.29, 0.717) is 13.0 Å². The normalized spacial score (nSPS) is 23.1. The van der Waals surface area contributed by atoms with Crippen LogP contribution in [0.5, 0.6) is 0 Å². The molecule has 0 spiro atoms. The Morgan fingerprint density at radius 1 is 0.933 bits per heavy atom. The maximum absolute atomic E-state index is 13.7. The number of carbonyl (C=O) groups is 3. The van der Waals surface area contributed by atoms with Crippen molar-refractivity contribution in [2.24, 2.45) is 11.3 Å². The summed E-state index contributed by atoms with van der Waals surface area (Å²) in [5.74, 6) is -1.52. The van der Waals surface area contributed by atoms with E-state index in [4.69, 9.17) is 14.2 Å². The van der Waals surface area contributed by atoms with E-state index < -0.39 is 17.3 Å².